The summed E-state index contributed by atoms with van der Waals surface area (Å²) in [7, 11) is 0. The van der Waals surface area contributed by atoms with Crippen LogP contribution in [0.4, 0.5) is 4.39 Å². The normalized spacial score (nSPS) is 16.9. The van der Waals surface area contributed by atoms with E-state index in [0.717, 1.165) is 31.4 Å². The first kappa shape index (κ1) is 15.5. The van der Waals surface area contributed by atoms with Gasteiger partial charge in [0.25, 0.3) is 0 Å². The molecule has 0 heterocycles. The lowest BCUT2D eigenvalue weighted by Gasteiger charge is -2.23. The van der Waals surface area contributed by atoms with Gasteiger partial charge >= 0.3 is 0 Å². The second kappa shape index (κ2) is 7.80. The Balaban J connectivity index is 2.15. The van der Waals surface area contributed by atoms with Crippen LogP contribution in [0.2, 0.25) is 5.02 Å². The van der Waals surface area contributed by atoms with Crippen molar-refractivity contribution in [3.05, 3.63) is 46.3 Å². The Kier molecular flexibility index (Phi) is 6.06. The fourth-order valence-corrected chi connectivity index (χ4v) is 2.91. The Morgan fingerprint density at radius 2 is 2.20 bits per heavy atom. The predicted octanol–water partition coefficient (Wildman–Crippen LogP) is 5.41. The number of benzene rings is 1. The number of rotatable bonds is 6. The zero-order valence-electron chi connectivity index (χ0n) is 12.1. The molecule has 0 aromatic heterocycles. The Morgan fingerprint density at radius 3 is 2.85 bits per heavy atom. The number of nitrogens with one attached hydrogen (secondary N) is 1. The molecule has 0 aliphatic heterocycles. The van der Waals surface area contributed by atoms with E-state index in [1.807, 2.05) is 6.07 Å². The van der Waals surface area contributed by atoms with Crippen LogP contribution < -0.4 is 5.32 Å². The maximum Gasteiger partial charge on any atom is 0.129 e. The summed E-state index contributed by atoms with van der Waals surface area (Å²) < 4.78 is 14.1. The molecule has 0 fully saturated rings. The van der Waals surface area contributed by atoms with Crippen molar-refractivity contribution in [3.63, 3.8) is 0 Å². The van der Waals surface area contributed by atoms with Crippen LogP contribution in [0, 0.1) is 5.82 Å². The van der Waals surface area contributed by atoms with Crippen LogP contribution >= 0.6 is 11.6 Å². The summed E-state index contributed by atoms with van der Waals surface area (Å²) in [6, 6.07) is 5.05. The molecule has 0 radical (unpaired) electrons. The van der Waals surface area contributed by atoms with E-state index in [-0.39, 0.29) is 11.9 Å². The van der Waals surface area contributed by atoms with Crippen molar-refractivity contribution in [1.29, 1.82) is 0 Å². The van der Waals surface area contributed by atoms with Gasteiger partial charge in [0.2, 0.25) is 0 Å². The smallest absolute Gasteiger partial charge is 0.129 e. The maximum atomic E-state index is 14.1. The third-order valence-electron chi connectivity index (χ3n) is 3.83. The molecule has 1 unspecified atom stereocenters. The average Bonchev–Trinajstić information content (AvgIpc) is 2.45. The van der Waals surface area contributed by atoms with Gasteiger partial charge in [-0.2, -0.15) is 0 Å². The summed E-state index contributed by atoms with van der Waals surface area (Å²) in [6.07, 6.45) is 9.14. The van der Waals surface area contributed by atoms with Gasteiger partial charge in [-0.15, -0.1) is 0 Å². The summed E-state index contributed by atoms with van der Waals surface area (Å²) >= 11 is 5.85. The van der Waals surface area contributed by atoms with E-state index in [9.17, 15) is 4.39 Å². The predicted molar refractivity (Wildman–Crippen MR) is 83.6 cm³/mol. The van der Waals surface area contributed by atoms with E-state index in [1.54, 1.807) is 6.07 Å². The Bertz CT molecular complexity index is 470. The van der Waals surface area contributed by atoms with E-state index in [4.69, 9.17) is 11.6 Å². The maximum absolute atomic E-state index is 14.1. The SMILES string of the molecule is CCCNC(CC1=CCCCC1)c1ccc(Cl)cc1F. The molecule has 1 nitrogen and oxygen atoms in total. The minimum Gasteiger partial charge on any atom is -0.310 e. The van der Waals surface area contributed by atoms with Crippen molar-refractivity contribution in [1.82, 2.24) is 5.32 Å². The van der Waals surface area contributed by atoms with Crippen LogP contribution in [-0.2, 0) is 0 Å². The fraction of sp³-hybridized carbons (Fsp3) is 0.529. The molecule has 0 saturated heterocycles. The first-order chi connectivity index (χ1) is 9.70. The lowest BCUT2D eigenvalue weighted by Crippen LogP contribution is -2.24. The molecule has 0 amide bonds. The highest BCUT2D eigenvalue weighted by Gasteiger charge is 2.18. The van der Waals surface area contributed by atoms with Crippen LogP contribution in [0.25, 0.3) is 0 Å². The minimum absolute atomic E-state index is 0.0524. The van der Waals surface area contributed by atoms with Crippen LogP contribution in [0.1, 0.15) is 57.1 Å². The lowest BCUT2D eigenvalue weighted by molar-refractivity contribution is 0.485. The van der Waals surface area contributed by atoms with Crippen molar-refractivity contribution in [2.45, 2.75) is 51.5 Å². The summed E-state index contributed by atoms with van der Waals surface area (Å²) in [5.41, 5.74) is 2.19. The molecule has 3 heteroatoms. The van der Waals surface area contributed by atoms with Gasteiger partial charge < -0.3 is 5.32 Å². The van der Waals surface area contributed by atoms with Crippen LogP contribution in [0.5, 0.6) is 0 Å². The summed E-state index contributed by atoms with van der Waals surface area (Å²) in [4.78, 5) is 0. The van der Waals surface area contributed by atoms with E-state index in [2.05, 4.69) is 18.3 Å². The standard InChI is InChI=1S/C17H23ClFN/c1-2-10-20-17(11-13-6-4-3-5-7-13)15-9-8-14(18)12-16(15)19/h6,8-9,12,17,20H,2-5,7,10-11H2,1H3. The van der Waals surface area contributed by atoms with Gasteiger partial charge in [0.15, 0.2) is 0 Å². The van der Waals surface area contributed by atoms with Crippen LogP contribution in [0.3, 0.4) is 0 Å². The monoisotopic (exact) mass is 295 g/mol. The zero-order chi connectivity index (χ0) is 14.4. The van der Waals surface area contributed by atoms with Gasteiger partial charge in [-0.05, 0) is 57.2 Å². The van der Waals surface area contributed by atoms with Gasteiger partial charge in [-0.25, -0.2) is 4.39 Å². The van der Waals surface area contributed by atoms with Crippen molar-refractivity contribution >= 4 is 11.6 Å². The van der Waals surface area contributed by atoms with Gasteiger partial charge in [-0.1, -0.05) is 36.2 Å². The second-order valence-electron chi connectivity index (χ2n) is 5.48. The molecule has 20 heavy (non-hydrogen) atoms. The molecule has 1 aliphatic rings. The first-order valence-corrected chi connectivity index (χ1v) is 7.94. The highest BCUT2D eigenvalue weighted by Crippen LogP contribution is 2.29. The molecule has 1 aliphatic carbocycles. The molecular weight excluding hydrogens is 273 g/mol. The molecule has 1 N–H and O–H groups in total. The molecule has 0 bridgehead atoms. The molecular formula is C17H23ClFN. The number of halogens is 2. The summed E-state index contributed by atoms with van der Waals surface area (Å²) in [6.45, 7) is 3.03. The Hall–Kier alpha value is -0.860. The van der Waals surface area contributed by atoms with Crippen LogP contribution in [0.15, 0.2) is 29.8 Å². The molecule has 110 valence electrons. The number of hydrogen-bond donors (Lipinski definition) is 1. The molecule has 1 aromatic carbocycles. The van der Waals surface area contributed by atoms with Gasteiger partial charge in [0.1, 0.15) is 5.82 Å². The topological polar surface area (TPSA) is 12.0 Å². The highest BCUT2D eigenvalue weighted by atomic mass is 35.5. The quantitative estimate of drug-likeness (QED) is 0.692. The minimum atomic E-state index is -0.206. The summed E-state index contributed by atoms with van der Waals surface area (Å²) in [5.74, 6) is -0.206. The Labute approximate surface area is 126 Å². The lowest BCUT2D eigenvalue weighted by atomic mass is 9.91. The first-order valence-electron chi connectivity index (χ1n) is 7.57. The van der Waals surface area contributed by atoms with E-state index < -0.39 is 0 Å². The second-order valence-corrected chi connectivity index (χ2v) is 5.92. The van der Waals surface area contributed by atoms with E-state index in [0.29, 0.717) is 5.02 Å². The van der Waals surface area contributed by atoms with Crippen molar-refractivity contribution in [2.24, 2.45) is 0 Å². The molecule has 0 saturated carbocycles. The third-order valence-corrected chi connectivity index (χ3v) is 4.07. The van der Waals surface area contributed by atoms with Crippen molar-refractivity contribution < 1.29 is 4.39 Å². The van der Waals surface area contributed by atoms with Gasteiger partial charge in [0, 0.05) is 16.6 Å². The summed E-state index contributed by atoms with van der Waals surface area (Å²) in [5, 5.41) is 3.93. The van der Waals surface area contributed by atoms with E-state index in [1.165, 1.54) is 30.9 Å². The van der Waals surface area contributed by atoms with Gasteiger partial charge in [0.05, 0.1) is 0 Å². The number of allylic oxidation sites excluding steroid dienone is 1. The average molecular weight is 296 g/mol. The molecule has 2 rings (SSSR count). The Morgan fingerprint density at radius 1 is 1.35 bits per heavy atom. The molecule has 0 spiro atoms. The van der Waals surface area contributed by atoms with E-state index >= 15 is 0 Å². The largest absolute Gasteiger partial charge is 0.310 e. The van der Waals surface area contributed by atoms with Gasteiger partial charge in [-0.3, -0.25) is 0 Å². The molecule has 1 atom stereocenters. The number of hydrogen-bond acceptors (Lipinski definition) is 1. The van der Waals surface area contributed by atoms with Crippen molar-refractivity contribution in [2.75, 3.05) is 6.54 Å². The van der Waals surface area contributed by atoms with Crippen molar-refractivity contribution in [3.8, 4) is 0 Å². The van der Waals surface area contributed by atoms with Crippen LogP contribution in [-0.4, -0.2) is 6.54 Å². The fourth-order valence-electron chi connectivity index (χ4n) is 2.75. The zero-order valence-corrected chi connectivity index (χ0v) is 12.8. The third kappa shape index (κ3) is 4.32. The highest BCUT2D eigenvalue weighted by molar-refractivity contribution is 6.30. The molecule has 1 aromatic rings.